The summed E-state index contributed by atoms with van der Waals surface area (Å²) in [4.78, 5) is 4.72. The van der Waals surface area contributed by atoms with Gasteiger partial charge in [-0.1, -0.05) is 24.3 Å². The summed E-state index contributed by atoms with van der Waals surface area (Å²) in [6.07, 6.45) is 3.15. The molecule has 3 heteroatoms. The number of para-hydroxylation sites is 1. The molecule has 0 bridgehead atoms. The van der Waals surface area contributed by atoms with Gasteiger partial charge in [0.1, 0.15) is 0 Å². The number of hydrogen-bond acceptors (Lipinski definition) is 3. The summed E-state index contributed by atoms with van der Waals surface area (Å²) >= 11 is 0. The van der Waals surface area contributed by atoms with E-state index < -0.39 is 0 Å². The normalized spacial score (nSPS) is 12.7. The molecule has 102 valence electrons. The van der Waals surface area contributed by atoms with Crippen LogP contribution in [0.15, 0.2) is 36.4 Å². The predicted octanol–water partition coefficient (Wildman–Crippen LogP) is 2.79. The van der Waals surface area contributed by atoms with Gasteiger partial charge in [-0.05, 0) is 32.0 Å². The molecule has 0 radical (unpaired) electrons. The van der Waals surface area contributed by atoms with Gasteiger partial charge in [-0.3, -0.25) is 4.98 Å². The van der Waals surface area contributed by atoms with E-state index in [1.165, 1.54) is 5.39 Å². The summed E-state index contributed by atoms with van der Waals surface area (Å²) in [5, 5.41) is 4.56. The van der Waals surface area contributed by atoms with Gasteiger partial charge in [-0.2, -0.15) is 0 Å². The third kappa shape index (κ3) is 4.01. The highest BCUT2D eigenvalue weighted by Gasteiger charge is 2.08. The van der Waals surface area contributed by atoms with Gasteiger partial charge in [0.15, 0.2) is 0 Å². The Morgan fingerprint density at radius 1 is 1.21 bits per heavy atom. The van der Waals surface area contributed by atoms with Gasteiger partial charge in [0.05, 0.1) is 5.52 Å². The molecule has 1 unspecified atom stereocenters. The second-order valence-corrected chi connectivity index (χ2v) is 4.82. The molecule has 0 aliphatic heterocycles. The second-order valence-electron chi connectivity index (χ2n) is 4.82. The van der Waals surface area contributed by atoms with Gasteiger partial charge >= 0.3 is 0 Å². The van der Waals surface area contributed by atoms with Gasteiger partial charge in [0.2, 0.25) is 0 Å². The number of ether oxygens (including phenoxy) is 1. The molecule has 1 aromatic carbocycles. The molecule has 0 saturated carbocycles. The van der Waals surface area contributed by atoms with Crippen molar-refractivity contribution in [3.05, 3.63) is 42.1 Å². The van der Waals surface area contributed by atoms with Crippen molar-refractivity contribution in [3.63, 3.8) is 0 Å². The fraction of sp³-hybridized carbons (Fsp3) is 0.438. The molecule has 2 aromatic rings. The standard InChI is InChI=1S/C16H22N2O/c1-17-14(7-5-11-19-2)12-15-10-9-13-6-3-4-8-16(13)18-15/h3-4,6,8-10,14,17H,5,7,11-12H2,1-2H3. The van der Waals surface area contributed by atoms with Crippen LogP contribution in [-0.4, -0.2) is 31.8 Å². The Balaban J connectivity index is 2.02. The third-order valence-electron chi connectivity index (χ3n) is 3.42. The van der Waals surface area contributed by atoms with Gasteiger partial charge in [0.25, 0.3) is 0 Å². The lowest BCUT2D eigenvalue weighted by Crippen LogP contribution is -2.28. The van der Waals surface area contributed by atoms with Crippen molar-refractivity contribution in [2.75, 3.05) is 20.8 Å². The molecule has 0 aliphatic rings. The van der Waals surface area contributed by atoms with Crippen molar-refractivity contribution in [3.8, 4) is 0 Å². The number of likely N-dealkylation sites (N-methyl/N-ethyl adjacent to an activating group) is 1. The van der Waals surface area contributed by atoms with Gasteiger partial charge in [-0.15, -0.1) is 0 Å². The molecule has 0 amide bonds. The summed E-state index contributed by atoms with van der Waals surface area (Å²) in [6.45, 7) is 0.823. The van der Waals surface area contributed by atoms with E-state index >= 15 is 0 Å². The number of nitrogens with one attached hydrogen (secondary N) is 1. The molecule has 1 aromatic heterocycles. The Kier molecular flexibility index (Phi) is 5.31. The molecule has 2 rings (SSSR count). The first kappa shape index (κ1) is 14.0. The number of pyridine rings is 1. The minimum Gasteiger partial charge on any atom is -0.385 e. The summed E-state index contributed by atoms with van der Waals surface area (Å²) in [5.74, 6) is 0. The van der Waals surface area contributed by atoms with Crippen LogP contribution in [0.25, 0.3) is 10.9 Å². The minimum absolute atomic E-state index is 0.462. The minimum atomic E-state index is 0.462. The maximum absolute atomic E-state index is 5.10. The van der Waals surface area contributed by atoms with Crippen LogP contribution in [0.4, 0.5) is 0 Å². The zero-order chi connectivity index (χ0) is 13.5. The second kappa shape index (κ2) is 7.22. The molecule has 1 atom stereocenters. The average Bonchev–Trinajstić information content (AvgIpc) is 2.46. The van der Waals surface area contributed by atoms with Crippen molar-refractivity contribution in [1.82, 2.24) is 10.3 Å². The van der Waals surface area contributed by atoms with Crippen LogP contribution in [-0.2, 0) is 11.2 Å². The lowest BCUT2D eigenvalue weighted by Gasteiger charge is -2.15. The Morgan fingerprint density at radius 3 is 2.84 bits per heavy atom. The van der Waals surface area contributed by atoms with E-state index in [0.717, 1.165) is 37.1 Å². The van der Waals surface area contributed by atoms with Crippen LogP contribution in [0.3, 0.4) is 0 Å². The zero-order valence-corrected chi connectivity index (χ0v) is 11.7. The SMILES string of the molecule is CNC(CCCOC)Cc1ccc2ccccc2n1. The fourth-order valence-corrected chi connectivity index (χ4v) is 2.30. The first-order valence-corrected chi connectivity index (χ1v) is 6.84. The number of rotatable bonds is 7. The molecular formula is C16H22N2O. The maximum Gasteiger partial charge on any atom is 0.0705 e. The topological polar surface area (TPSA) is 34.1 Å². The quantitative estimate of drug-likeness (QED) is 0.775. The predicted molar refractivity (Wildman–Crippen MR) is 79.4 cm³/mol. The highest BCUT2D eigenvalue weighted by molar-refractivity contribution is 5.78. The highest BCUT2D eigenvalue weighted by atomic mass is 16.5. The first-order chi connectivity index (χ1) is 9.33. The van der Waals surface area contributed by atoms with Crippen LogP contribution >= 0.6 is 0 Å². The summed E-state index contributed by atoms with van der Waals surface area (Å²) in [6, 6.07) is 13.0. The van der Waals surface area contributed by atoms with E-state index in [1.807, 2.05) is 19.2 Å². The number of hydrogen-bond donors (Lipinski definition) is 1. The van der Waals surface area contributed by atoms with Crippen molar-refractivity contribution < 1.29 is 4.74 Å². The highest BCUT2D eigenvalue weighted by Crippen LogP contribution is 2.13. The number of aromatic nitrogens is 1. The van der Waals surface area contributed by atoms with E-state index in [-0.39, 0.29) is 0 Å². The van der Waals surface area contributed by atoms with Crippen LogP contribution in [0, 0.1) is 0 Å². The Hall–Kier alpha value is -1.45. The van der Waals surface area contributed by atoms with Crippen molar-refractivity contribution >= 4 is 10.9 Å². The van der Waals surface area contributed by atoms with Crippen LogP contribution in [0.1, 0.15) is 18.5 Å². The summed E-state index contributed by atoms with van der Waals surface area (Å²) in [7, 11) is 3.76. The van der Waals surface area contributed by atoms with Gasteiger partial charge in [-0.25, -0.2) is 0 Å². The Labute approximate surface area is 115 Å². The number of methoxy groups -OCH3 is 1. The molecule has 0 fully saturated rings. The smallest absolute Gasteiger partial charge is 0.0705 e. The summed E-state index contributed by atoms with van der Waals surface area (Å²) in [5.41, 5.74) is 2.22. The summed E-state index contributed by atoms with van der Waals surface area (Å²) < 4.78 is 5.10. The van der Waals surface area contributed by atoms with E-state index in [1.54, 1.807) is 7.11 Å². The molecule has 0 spiro atoms. The maximum atomic E-state index is 5.10. The van der Waals surface area contributed by atoms with Crippen molar-refractivity contribution in [2.45, 2.75) is 25.3 Å². The van der Waals surface area contributed by atoms with Gasteiger partial charge in [0, 0.05) is 37.3 Å². The molecule has 0 aliphatic carbocycles. The average molecular weight is 258 g/mol. The Morgan fingerprint density at radius 2 is 2.05 bits per heavy atom. The lowest BCUT2D eigenvalue weighted by atomic mass is 10.0. The van der Waals surface area contributed by atoms with Gasteiger partial charge < -0.3 is 10.1 Å². The number of benzene rings is 1. The van der Waals surface area contributed by atoms with Crippen LogP contribution < -0.4 is 5.32 Å². The molecule has 1 heterocycles. The number of nitrogens with zero attached hydrogens (tertiary/aromatic N) is 1. The van der Waals surface area contributed by atoms with Crippen molar-refractivity contribution in [1.29, 1.82) is 0 Å². The monoisotopic (exact) mass is 258 g/mol. The first-order valence-electron chi connectivity index (χ1n) is 6.84. The largest absolute Gasteiger partial charge is 0.385 e. The molecule has 1 N–H and O–H groups in total. The molecule has 3 nitrogen and oxygen atoms in total. The van der Waals surface area contributed by atoms with Crippen molar-refractivity contribution in [2.24, 2.45) is 0 Å². The van der Waals surface area contributed by atoms with E-state index in [4.69, 9.17) is 9.72 Å². The number of fused-ring (bicyclic) bond motifs is 1. The fourth-order valence-electron chi connectivity index (χ4n) is 2.30. The molecule has 19 heavy (non-hydrogen) atoms. The van der Waals surface area contributed by atoms with E-state index in [2.05, 4.69) is 29.6 Å². The van der Waals surface area contributed by atoms with Crippen LogP contribution in [0.2, 0.25) is 0 Å². The zero-order valence-electron chi connectivity index (χ0n) is 11.7. The van der Waals surface area contributed by atoms with E-state index in [0.29, 0.717) is 6.04 Å². The third-order valence-corrected chi connectivity index (χ3v) is 3.42. The van der Waals surface area contributed by atoms with E-state index in [9.17, 15) is 0 Å². The lowest BCUT2D eigenvalue weighted by molar-refractivity contribution is 0.189. The molecule has 0 saturated heterocycles. The Bertz CT molecular complexity index is 513. The van der Waals surface area contributed by atoms with Crippen LogP contribution in [0.5, 0.6) is 0 Å². The molecular weight excluding hydrogens is 236 g/mol.